The summed E-state index contributed by atoms with van der Waals surface area (Å²) < 4.78 is 0. The van der Waals surface area contributed by atoms with Gasteiger partial charge in [-0.25, -0.2) is 9.98 Å². The molecular formula is C24H27N3. The predicted molar refractivity (Wildman–Crippen MR) is 115 cm³/mol. The minimum Gasteiger partial charge on any atom is -0.339 e. The van der Waals surface area contributed by atoms with E-state index in [0.717, 1.165) is 17.1 Å². The molecule has 0 bridgehead atoms. The average molecular weight is 358 g/mol. The molecule has 3 heteroatoms. The van der Waals surface area contributed by atoms with Crippen LogP contribution in [0.25, 0.3) is 0 Å². The Balaban J connectivity index is 2.12. The molecule has 0 aliphatic carbocycles. The number of hydrogen-bond donors (Lipinski definition) is 1. The van der Waals surface area contributed by atoms with E-state index in [1.165, 1.54) is 11.1 Å². The van der Waals surface area contributed by atoms with Crippen molar-refractivity contribution in [3.05, 3.63) is 89.6 Å². The van der Waals surface area contributed by atoms with Gasteiger partial charge < -0.3 is 5.32 Å². The molecule has 138 valence electrons. The first-order chi connectivity index (χ1) is 13.1. The summed E-state index contributed by atoms with van der Waals surface area (Å²) >= 11 is 0. The van der Waals surface area contributed by atoms with Crippen LogP contribution in [0.5, 0.6) is 0 Å². The van der Waals surface area contributed by atoms with Gasteiger partial charge in [-0.2, -0.15) is 0 Å². The number of para-hydroxylation sites is 1. The molecule has 2 aromatic carbocycles. The zero-order valence-electron chi connectivity index (χ0n) is 16.5. The normalized spacial score (nSPS) is 11.9. The van der Waals surface area contributed by atoms with Gasteiger partial charge in [0.25, 0.3) is 0 Å². The highest BCUT2D eigenvalue weighted by Gasteiger charge is 2.16. The van der Waals surface area contributed by atoms with Crippen molar-refractivity contribution in [2.24, 2.45) is 4.99 Å². The van der Waals surface area contributed by atoms with Gasteiger partial charge in [0.2, 0.25) is 0 Å². The maximum atomic E-state index is 4.82. The summed E-state index contributed by atoms with van der Waals surface area (Å²) in [6.45, 7) is 8.90. The SMILES string of the molecule is CC(C)c1cccc(C(C)C)c1N/C(=N\c1ccccn1)c1ccccc1. The molecule has 3 nitrogen and oxygen atoms in total. The van der Waals surface area contributed by atoms with Gasteiger partial charge in [-0.15, -0.1) is 0 Å². The van der Waals surface area contributed by atoms with Crippen molar-refractivity contribution in [1.82, 2.24) is 4.98 Å². The first-order valence-electron chi connectivity index (χ1n) is 9.51. The smallest absolute Gasteiger partial charge is 0.154 e. The largest absolute Gasteiger partial charge is 0.339 e. The van der Waals surface area contributed by atoms with Gasteiger partial charge in [0.05, 0.1) is 0 Å². The van der Waals surface area contributed by atoms with Gasteiger partial charge >= 0.3 is 0 Å². The van der Waals surface area contributed by atoms with Crippen LogP contribution in [0.2, 0.25) is 0 Å². The molecule has 0 saturated heterocycles. The average Bonchev–Trinajstić information content (AvgIpc) is 2.68. The van der Waals surface area contributed by atoms with Crippen LogP contribution in [-0.2, 0) is 0 Å². The summed E-state index contributed by atoms with van der Waals surface area (Å²) in [5, 5.41) is 3.65. The van der Waals surface area contributed by atoms with Gasteiger partial charge in [-0.05, 0) is 35.1 Å². The van der Waals surface area contributed by atoms with Crippen molar-refractivity contribution in [2.45, 2.75) is 39.5 Å². The second-order valence-corrected chi connectivity index (χ2v) is 7.26. The van der Waals surface area contributed by atoms with E-state index < -0.39 is 0 Å². The maximum Gasteiger partial charge on any atom is 0.154 e. The Morgan fingerprint density at radius 2 is 1.41 bits per heavy atom. The number of nitrogens with one attached hydrogen (secondary N) is 1. The number of nitrogens with zero attached hydrogens (tertiary/aromatic N) is 2. The fourth-order valence-corrected chi connectivity index (χ4v) is 3.11. The third-order valence-electron chi connectivity index (χ3n) is 4.54. The third-order valence-corrected chi connectivity index (χ3v) is 4.54. The number of pyridine rings is 1. The first-order valence-corrected chi connectivity index (χ1v) is 9.51. The second kappa shape index (κ2) is 8.63. The molecule has 0 amide bonds. The van der Waals surface area contributed by atoms with Gasteiger partial charge in [-0.1, -0.05) is 82.3 Å². The van der Waals surface area contributed by atoms with E-state index in [-0.39, 0.29) is 0 Å². The lowest BCUT2D eigenvalue weighted by atomic mass is 9.92. The molecule has 3 rings (SSSR count). The molecule has 0 atom stereocenters. The Morgan fingerprint density at radius 3 is 1.96 bits per heavy atom. The molecule has 3 aromatic rings. The molecule has 0 aliphatic rings. The van der Waals surface area contributed by atoms with E-state index >= 15 is 0 Å². The van der Waals surface area contributed by atoms with Crippen LogP contribution in [0.1, 0.15) is 56.2 Å². The van der Waals surface area contributed by atoms with Gasteiger partial charge in [0.15, 0.2) is 5.82 Å². The van der Waals surface area contributed by atoms with E-state index in [0.29, 0.717) is 17.7 Å². The van der Waals surface area contributed by atoms with E-state index in [1.54, 1.807) is 6.20 Å². The molecule has 0 saturated carbocycles. The van der Waals surface area contributed by atoms with Crippen LogP contribution in [-0.4, -0.2) is 10.8 Å². The van der Waals surface area contributed by atoms with Crippen LogP contribution < -0.4 is 5.32 Å². The monoisotopic (exact) mass is 357 g/mol. The summed E-state index contributed by atoms with van der Waals surface area (Å²) in [4.78, 5) is 9.19. The van der Waals surface area contributed by atoms with Gasteiger partial charge in [0, 0.05) is 17.4 Å². The Kier molecular flexibility index (Phi) is 6.02. The van der Waals surface area contributed by atoms with Crippen LogP contribution in [0.15, 0.2) is 77.9 Å². The minimum absolute atomic E-state index is 0.415. The summed E-state index contributed by atoms with van der Waals surface area (Å²) in [6, 6.07) is 22.5. The second-order valence-electron chi connectivity index (χ2n) is 7.26. The van der Waals surface area contributed by atoms with Crippen LogP contribution in [0, 0.1) is 0 Å². The van der Waals surface area contributed by atoms with Crippen LogP contribution >= 0.6 is 0 Å². The fraction of sp³-hybridized carbons (Fsp3) is 0.250. The van der Waals surface area contributed by atoms with Crippen molar-refractivity contribution >= 4 is 17.3 Å². The van der Waals surface area contributed by atoms with Crippen LogP contribution in [0.4, 0.5) is 11.5 Å². The van der Waals surface area contributed by atoms with Gasteiger partial charge in [-0.3, -0.25) is 0 Å². The summed E-state index contributed by atoms with van der Waals surface area (Å²) in [6.07, 6.45) is 1.77. The number of anilines is 1. The molecule has 1 N–H and O–H groups in total. The zero-order chi connectivity index (χ0) is 19.2. The maximum absolute atomic E-state index is 4.82. The van der Waals surface area contributed by atoms with Crippen molar-refractivity contribution in [3.8, 4) is 0 Å². The third kappa shape index (κ3) is 4.62. The summed E-state index contributed by atoms with van der Waals surface area (Å²) in [5.74, 6) is 2.33. The quantitative estimate of drug-likeness (QED) is 0.417. The van der Waals surface area contributed by atoms with E-state index in [9.17, 15) is 0 Å². The lowest BCUT2D eigenvalue weighted by molar-refractivity contribution is 0.839. The minimum atomic E-state index is 0.415. The van der Waals surface area contributed by atoms with E-state index in [2.05, 4.69) is 68.3 Å². The van der Waals surface area contributed by atoms with E-state index in [4.69, 9.17) is 4.99 Å². The van der Waals surface area contributed by atoms with Crippen LogP contribution in [0.3, 0.4) is 0 Å². The highest BCUT2D eigenvalue weighted by atomic mass is 15.0. The van der Waals surface area contributed by atoms with Crippen molar-refractivity contribution < 1.29 is 0 Å². The molecule has 1 heterocycles. The predicted octanol–water partition coefficient (Wildman–Crippen LogP) is 6.52. The number of benzene rings is 2. The van der Waals surface area contributed by atoms with E-state index in [1.807, 2.05) is 36.4 Å². The molecule has 0 fully saturated rings. The number of aromatic nitrogens is 1. The highest BCUT2D eigenvalue weighted by Crippen LogP contribution is 2.33. The van der Waals surface area contributed by atoms with Crippen molar-refractivity contribution in [3.63, 3.8) is 0 Å². The number of rotatable bonds is 5. The number of aliphatic imine (C=N–C) groups is 1. The van der Waals surface area contributed by atoms with Crippen molar-refractivity contribution in [2.75, 3.05) is 5.32 Å². The zero-order valence-corrected chi connectivity index (χ0v) is 16.5. The standard InChI is InChI=1S/C24H27N3/c1-17(2)20-13-10-14-21(18(3)4)23(20)27-24(19-11-6-5-7-12-19)26-22-15-8-9-16-25-22/h5-18H,1-4H3,(H,25,26,27). The molecule has 0 aliphatic heterocycles. The number of hydrogen-bond acceptors (Lipinski definition) is 2. The fourth-order valence-electron chi connectivity index (χ4n) is 3.11. The molecule has 27 heavy (non-hydrogen) atoms. The molecule has 1 aromatic heterocycles. The Hall–Kier alpha value is -2.94. The van der Waals surface area contributed by atoms with Crippen molar-refractivity contribution in [1.29, 1.82) is 0 Å². The summed E-state index contributed by atoms with van der Waals surface area (Å²) in [7, 11) is 0. The topological polar surface area (TPSA) is 37.3 Å². The lowest BCUT2D eigenvalue weighted by Gasteiger charge is -2.22. The Morgan fingerprint density at radius 1 is 0.778 bits per heavy atom. The molecular weight excluding hydrogens is 330 g/mol. The molecule has 0 unspecified atom stereocenters. The Bertz CT molecular complexity index is 871. The lowest BCUT2D eigenvalue weighted by Crippen LogP contribution is -2.17. The highest BCUT2D eigenvalue weighted by molar-refractivity contribution is 6.10. The first kappa shape index (κ1) is 18.8. The molecule has 0 spiro atoms. The Labute approximate surface area is 162 Å². The number of amidine groups is 1. The summed E-state index contributed by atoms with van der Waals surface area (Å²) in [5.41, 5.74) is 4.79. The molecule has 0 radical (unpaired) electrons. The van der Waals surface area contributed by atoms with Gasteiger partial charge in [0.1, 0.15) is 5.84 Å².